The van der Waals surface area contributed by atoms with Crippen molar-refractivity contribution in [3.63, 3.8) is 0 Å². The minimum Gasteiger partial charge on any atom is -0.391 e. The van der Waals surface area contributed by atoms with Gasteiger partial charge in [0.25, 0.3) is 10.1 Å². The van der Waals surface area contributed by atoms with Crippen molar-refractivity contribution in [2.24, 2.45) is 0 Å². The summed E-state index contributed by atoms with van der Waals surface area (Å²) in [6.45, 7) is 4.44. The van der Waals surface area contributed by atoms with Crippen LogP contribution in [0.2, 0.25) is 0 Å². The van der Waals surface area contributed by atoms with E-state index < -0.39 is 28.0 Å². The van der Waals surface area contributed by atoms with Gasteiger partial charge in [-0.25, -0.2) is 0 Å². The maximum atomic E-state index is 12.4. The van der Waals surface area contributed by atoms with Gasteiger partial charge in [0, 0.05) is 6.42 Å². The van der Waals surface area contributed by atoms with E-state index in [2.05, 4.69) is 31.3 Å². The summed E-state index contributed by atoms with van der Waals surface area (Å²) >= 11 is 0. The number of amides is 1. The van der Waals surface area contributed by atoms with Gasteiger partial charge in [-0.05, 0) is 38.5 Å². The fourth-order valence-electron chi connectivity index (χ4n) is 5.86. The maximum Gasteiger partial charge on any atom is 0.266 e. The lowest BCUT2D eigenvalue weighted by Crippen LogP contribution is -2.47. The Kier molecular flexibility index (Phi) is 31.4. The Morgan fingerprint density at radius 2 is 0.955 bits per heavy atom. The smallest absolute Gasteiger partial charge is 0.266 e. The first-order valence-corrected chi connectivity index (χ1v) is 20.5. The maximum absolute atomic E-state index is 12.4. The molecule has 7 heteroatoms. The molecule has 0 radical (unpaired) electrons. The van der Waals surface area contributed by atoms with Gasteiger partial charge in [-0.2, -0.15) is 8.42 Å². The second kappa shape index (κ2) is 32.0. The molecule has 0 aliphatic rings. The largest absolute Gasteiger partial charge is 0.391 e. The zero-order valence-electron chi connectivity index (χ0n) is 29.1. The minimum atomic E-state index is -4.29. The molecule has 0 fully saturated rings. The van der Waals surface area contributed by atoms with Crippen LogP contribution in [0.15, 0.2) is 12.2 Å². The highest BCUT2D eigenvalue weighted by molar-refractivity contribution is 7.85. The molecule has 0 aromatic carbocycles. The number of allylic oxidation sites excluding steroid dienone is 2. The van der Waals surface area contributed by atoms with Crippen LogP contribution in [0.25, 0.3) is 0 Å². The monoisotopic (exact) mass is 644 g/mol. The Labute approximate surface area is 273 Å². The Hall–Kier alpha value is -0.920. The number of aliphatic hydroxyl groups is 1. The summed E-state index contributed by atoms with van der Waals surface area (Å²) in [6.07, 6.45) is 37.7. The molecule has 0 aliphatic heterocycles. The van der Waals surface area contributed by atoms with Crippen LogP contribution in [0, 0.1) is 0 Å². The zero-order valence-corrected chi connectivity index (χ0v) is 29.9. The standard InChI is InChI=1S/C37H73NO5S/c1-3-5-7-9-11-12-13-14-15-16-17-18-19-20-21-22-23-24-25-26-27-29-31-33-37(40)38-35(34-44(41,42)43)36(39)32-30-28-10-8-6-4-2/h16-17,35-36,39H,3-15,18-34H2,1-2H3,(H,38,40)(H,41,42,43)/b17-16-. The van der Waals surface area contributed by atoms with Gasteiger partial charge in [0.05, 0.1) is 17.9 Å². The summed E-state index contributed by atoms with van der Waals surface area (Å²) in [7, 11) is -4.29. The van der Waals surface area contributed by atoms with Crippen LogP contribution in [-0.4, -0.2) is 41.9 Å². The van der Waals surface area contributed by atoms with E-state index in [1.807, 2.05) is 0 Å². The van der Waals surface area contributed by atoms with Crippen molar-refractivity contribution >= 4 is 16.0 Å². The summed E-state index contributed by atoms with van der Waals surface area (Å²) in [4.78, 5) is 12.4. The molecule has 0 aromatic heterocycles. The quantitative estimate of drug-likeness (QED) is 0.0368. The first-order chi connectivity index (χ1) is 21.3. The third kappa shape index (κ3) is 32.5. The summed E-state index contributed by atoms with van der Waals surface area (Å²) < 4.78 is 32.2. The summed E-state index contributed by atoms with van der Waals surface area (Å²) in [5.74, 6) is -0.897. The van der Waals surface area contributed by atoms with Crippen molar-refractivity contribution in [3.05, 3.63) is 12.2 Å². The van der Waals surface area contributed by atoms with E-state index in [1.165, 1.54) is 128 Å². The molecule has 0 aromatic rings. The normalized spacial score (nSPS) is 13.5. The van der Waals surface area contributed by atoms with E-state index in [-0.39, 0.29) is 5.91 Å². The van der Waals surface area contributed by atoms with E-state index in [0.29, 0.717) is 12.8 Å². The van der Waals surface area contributed by atoms with Gasteiger partial charge in [0.2, 0.25) is 5.91 Å². The molecule has 2 unspecified atom stereocenters. The molecule has 0 heterocycles. The molecule has 1 amide bonds. The molecular weight excluding hydrogens is 570 g/mol. The zero-order chi connectivity index (χ0) is 32.6. The van der Waals surface area contributed by atoms with Crippen LogP contribution in [0.1, 0.15) is 200 Å². The van der Waals surface area contributed by atoms with Gasteiger partial charge in [-0.3, -0.25) is 9.35 Å². The summed E-state index contributed by atoms with van der Waals surface area (Å²) in [5, 5.41) is 13.2. The molecule has 262 valence electrons. The number of unbranched alkanes of at least 4 members (excludes halogenated alkanes) is 24. The number of hydrogen-bond donors (Lipinski definition) is 3. The van der Waals surface area contributed by atoms with Gasteiger partial charge in [0.15, 0.2) is 0 Å². The highest BCUT2D eigenvalue weighted by atomic mass is 32.2. The van der Waals surface area contributed by atoms with E-state index >= 15 is 0 Å². The third-order valence-electron chi connectivity index (χ3n) is 8.72. The molecule has 0 bridgehead atoms. The molecule has 0 saturated heterocycles. The molecule has 0 saturated carbocycles. The molecular formula is C37H73NO5S. The highest BCUT2D eigenvalue weighted by Crippen LogP contribution is 2.15. The molecule has 6 nitrogen and oxygen atoms in total. The Morgan fingerprint density at radius 3 is 1.36 bits per heavy atom. The van der Waals surface area contributed by atoms with E-state index in [9.17, 15) is 22.9 Å². The van der Waals surface area contributed by atoms with Crippen LogP contribution < -0.4 is 5.32 Å². The van der Waals surface area contributed by atoms with Crippen molar-refractivity contribution in [2.75, 3.05) is 5.75 Å². The van der Waals surface area contributed by atoms with Crippen LogP contribution in [0.3, 0.4) is 0 Å². The fourth-order valence-corrected chi connectivity index (χ4v) is 6.62. The van der Waals surface area contributed by atoms with Gasteiger partial charge in [-0.1, -0.05) is 167 Å². The first kappa shape index (κ1) is 43.1. The Bertz CT molecular complexity index is 755. The predicted molar refractivity (Wildman–Crippen MR) is 189 cm³/mol. The number of carbonyl (C=O) groups is 1. The summed E-state index contributed by atoms with van der Waals surface area (Å²) in [5.41, 5.74) is 0. The van der Waals surface area contributed by atoms with E-state index in [0.717, 1.165) is 44.9 Å². The average Bonchev–Trinajstić information content (AvgIpc) is 2.98. The van der Waals surface area contributed by atoms with Crippen molar-refractivity contribution < 1.29 is 22.9 Å². The molecule has 44 heavy (non-hydrogen) atoms. The fraction of sp³-hybridized carbons (Fsp3) is 0.919. The molecule has 0 aliphatic carbocycles. The number of nitrogens with one attached hydrogen (secondary N) is 1. The van der Waals surface area contributed by atoms with Crippen molar-refractivity contribution in [1.82, 2.24) is 5.32 Å². The minimum absolute atomic E-state index is 0.250. The second-order valence-electron chi connectivity index (χ2n) is 13.2. The number of hydrogen-bond acceptors (Lipinski definition) is 4. The van der Waals surface area contributed by atoms with E-state index in [4.69, 9.17) is 0 Å². The second-order valence-corrected chi connectivity index (χ2v) is 14.7. The third-order valence-corrected chi connectivity index (χ3v) is 9.50. The predicted octanol–water partition coefficient (Wildman–Crippen LogP) is 10.6. The highest BCUT2D eigenvalue weighted by Gasteiger charge is 2.26. The molecule has 3 N–H and O–H groups in total. The molecule has 0 rings (SSSR count). The number of carbonyl (C=O) groups excluding carboxylic acids is 1. The molecule has 2 atom stereocenters. The van der Waals surface area contributed by atoms with Crippen molar-refractivity contribution in [2.45, 2.75) is 212 Å². The average molecular weight is 644 g/mol. The lowest BCUT2D eigenvalue weighted by atomic mass is 10.0. The Morgan fingerprint density at radius 1 is 0.591 bits per heavy atom. The van der Waals surface area contributed by atoms with Crippen LogP contribution in [0.5, 0.6) is 0 Å². The summed E-state index contributed by atoms with van der Waals surface area (Å²) in [6, 6.07) is -0.964. The lowest BCUT2D eigenvalue weighted by Gasteiger charge is -2.23. The number of aliphatic hydroxyl groups excluding tert-OH is 1. The Balaban J connectivity index is 3.68. The van der Waals surface area contributed by atoms with Crippen LogP contribution >= 0.6 is 0 Å². The van der Waals surface area contributed by atoms with Gasteiger partial charge in [-0.15, -0.1) is 0 Å². The van der Waals surface area contributed by atoms with Gasteiger partial charge in [0.1, 0.15) is 0 Å². The van der Waals surface area contributed by atoms with Gasteiger partial charge < -0.3 is 10.4 Å². The SMILES string of the molecule is CCCCCCCCCC/C=C\CCCCCCCCCCCCCC(=O)NC(CS(=O)(=O)O)C(O)CCCCCCCC. The first-order valence-electron chi connectivity index (χ1n) is 18.9. The lowest BCUT2D eigenvalue weighted by molar-refractivity contribution is -0.122. The number of rotatable bonds is 34. The molecule has 0 spiro atoms. The van der Waals surface area contributed by atoms with E-state index in [1.54, 1.807) is 0 Å². The van der Waals surface area contributed by atoms with Crippen LogP contribution in [-0.2, 0) is 14.9 Å². The van der Waals surface area contributed by atoms with Gasteiger partial charge >= 0.3 is 0 Å². The van der Waals surface area contributed by atoms with Crippen LogP contribution in [0.4, 0.5) is 0 Å². The topological polar surface area (TPSA) is 104 Å². The van der Waals surface area contributed by atoms with Crippen molar-refractivity contribution in [3.8, 4) is 0 Å². The van der Waals surface area contributed by atoms with Crippen molar-refractivity contribution in [1.29, 1.82) is 0 Å².